The Morgan fingerprint density at radius 2 is 1.96 bits per heavy atom. The van der Waals surface area contributed by atoms with E-state index in [1.54, 1.807) is 48.7 Å². The molecular weight excluding hydrogens is 346 g/mol. The Kier molecular flexibility index (Phi) is 4.36. The Balaban J connectivity index is 1.41. The second kappa shape index (κ2) is 7.12. The van der Waals surface area contributed by atoms with Crippen molar-refractivity contribution in [2.24, 2.45) is 0 Å². The second-order valence-electron chi connectivity index (χ2n) is 5.67. The number of aromatic nitrogens is 4. The van der Waals surface area contributed by atoms with Gasteiger partial charge in [-0.2, -0.15) is 0 Å². The Hall–Kier alpha value is -3.94. The van der Waals surface area contributed by atoms with Gasteiger partial charge in [-0.25, -0.2) is 4.98 Å². The third-order valence-electron chi connectivity index (χ3n) is 3.82. The van der Waals surface area contributed by atoms with Crippen molar-refractivity contribution in [3.05, 3.63) is 78.8 Å². The Morgan fingerprint density at radius 3 is 2.59 bits per heavy atom. The topological polar surface area (TPSA) is 95.1 Å². The number of hydrogen-bond acceptors (Lipinski definition) is 6. The van der Waals surface area contributed by atoms with Crippen LogP contribution in [0.3, 0.4) is 0 Å². The molecule has 0 aliphatic carbocycles. The minimum Gasteiger partial charge on any atom is -0.472 e. The van der Waals surface area contributed by atoms with Gasteiger partial charge in [0.25, 0.3) is 5.91 Å². The molecule has 0 saturated carbocycles. The van der Waals surface area contributed by atoms with E-state index >= 15 is 0 Å². The molecule has 0 unspecified atom stereocenters. The zero-order chi connectivity index (χ0) is 18.6. The van der Waals surface area contributed by atoms with Crippen LogP contribution in [0.4, 0.5) is 5.69 Å². The van der Waals surface area contributed by atoms with Crippen LogP contribution in [0.25, 0.3) is 5.82 Å². The summed E-state index contributed by atoms with van der Waals surface area (Å²) in [5.41, 5.74) is 1.10. The van der Waals surface area contributed by atoms with Crippen molar-refractivity contribution >= 4 is 11.6 Å². The number of benzene rings is 1. The zero-order valence-corrected chi connectivity index (χ0v) is 14.4. The van der Waals surface area contributed by atoms with Gasteiger partial charge in [-0.1, -0.05) is 0 Å². The molecular formula is C19H15N5O3. The van der Waals surface area contributed by atoms with Crippen LogP contribution in [0.5, 0.6) is 11.6 Å². The molecule has 134 valence electrons. The molecule has 0 radical (unpaired) electrons. The van der Waals surface area contributed by atoms with Crippen LogP contribution in [0.15, 0.2) is 71.8 Å². The van der Waals surface area contributed by atoms with Crippen molar-refractivity contribution in [1.29, 1.82) is 0 Å². The first kappa shape index (κ1) is 16.5. The Bertz CT molecular complexity index is 1040. The molecule has 0 bridgehead atoms. The van der Waals surface area contributed by atoms with Crippen LogP contribution in [0, 0.1) is 6.92 Å². The van der Waals surface area contributed by atoms with Crippen molar-refractivity contribution in [3.8, 4) is 17.4 Å². The van der Waals surface area contributed by atoms with Crippen LogP contribution in [0.1, 0.15) is 16.2 Å². The summed E-state index contributed by atoms with van der Waals surface area (Å²) in [5, 5.41) is 11.0. The lowest BCUT2D eigenvalue weighted by atomic mass is 10.2. The third kappa shape index (κ3) is 3.69. The number of nitrogens with zero attached hydrogens (tertiary/aromatic N) is 4. The van der Waals surface area contributed by atoms with Gasteiger partial charge in [-0.3, -0.25) is 9.36 Å². The normalized spacial score (nSPS) is 10.6. The molecule has 8 heteroatoms. The van der Waals surface area contributed by atoms with Crippen molar-refractivity contribution in [2.75, 3.05) is 5.32 Å². The van der Waals surface area contributed by atoms with E-state index in [-0.39, 0.29) is 5.91 Å². The SMILES string of the molecule is Cc1nccn1-c1ccc(Oc2ccc(NC(=O)c3ccoc3)cc2)nn1. The van der Waals surface area contributed by atoms with E-state index in [9.17, 15) is 4.79 Å². The highest BCUT2D eigenvalue weighted by atomic mass is 16.5. The van der Waals surface area contributed by atoms with Crippen LogP contribution in [-0.4, -0.2) is 25.7 Å². The quantitative estimate of drug-likeness (QED) is 0.583. The van der Waals surface area contributed by atoms with E-state index in [1.165, 1.54) is 12.5 Å². The molecule has 0 aliphatic heterocycles. The Morgan fingerprint density at radius 1 is 1.11 bits per heavy atom. The lowest BCUT2D eigenvalue weighted by Gasteiger charge is -2.07. The van der Waals surface area contributed by atoms with Crippen molar-refractivity contribution < 1.29 is 13.9 Å². The maximum atomic E-state index is 12.0. The summed E-state index contributed by atoms with van der Waals surface area (Å²) in [6.07, 6.45) is 6.36. The number of carbonyl (C=O) groups is 1. The maximum absolute atomic E-state index is 12.0. The van der Waals surface area contributed by atoms with E-state index in [0.717, 1.165) is 5.82 Å². The summed E-state index contributed by atoms with van der Waals surface area (Å²) in [7, 11) is 0. The smallest absolute Gasteiger partial charge is 0.258 e. The van der Waals surface area contributed by atoms with Gasteiger partial charge in [0, 0.05) is 24.1 Å². The molecule has 3 aromatic heterocycles. The summed E-state index contributed by atoms with van der Waals surface area (Å²) < 4.78 is 12.4. The van der Waals surface area contributed by atoms with E-state index in [2.05, 4.69) is 20.5 Å². The predicted octanol–water partition coefficient (Wildman–Crippen LogP) is 3.61. The summed E-state index contributed by atoms with van der Waals surface area (Å²) in [6.45, 7) is 1.89. The highest BCUT2D eigenvalue weighted by Gasteiger charge is 2.08. The first-order valence-electron chi connectivity index (χ1n) is 8.14. The lowest BCUT2D eigenvalue weighted by molar-refractivity contribution is 0.102. The molecule has 0 atom stereocenters. The lowest BCUT2D eigenvalue weighted by Crippen LogP contribution is -2.10. The zero-order valence-electron chi connectivity index (χ0n) is 14.4. The van der Waals surface area contributed by atoms with Gasteiger partial charge < -0.3 is 14.5 Å². The highest BCUT2D eigenvalue weighted by Crippen LogP contribution is 2.22. The van der Waals surface area contributed by atoms with E-state index in [1.807, 2.05) is 17.7 Å². The monoisotopic (exact) mass is 361 g/mol. The molecule has 0 spiro atoms. The number of ether oxygens (including phenoxy) is 1. The second-order valence-corrected chi connectivity index (χ2v) is 5.67. The van der Waals surface area contributed by atoms with Gasteiger partial charge in [0.1, 0.15) is 17.8 Å². The van der Waals surface area contributed by atoms with Crippen LogP contribution < -0.4 is 10.1 Å². The minimum atomic E-state index is -0.242. The van der Waals surface area contributed by atoms with E-state index < -0.39 is 0 Å². The molecule has 0 saturated heterocycles. The molecule has 3 heterocycles. The average molecular weight is 361 g/mol. The number of anilines is 1. The van der Waals surface area contributed by atoms with Crippen LogP contribution in [-0.2, 0) is 0 Å². The number of amides is 1. The van der Waals surface area contributed by atoms with Crippen molar-refractivity contribution in [1.82, 2.24) is 19.7 Å². The van der Waals surface area contributed by atoms with Crippen molar-refractivity contribution in [2.45, 2.75) is 6.92 Å². The molecule has 27 heavy (non-hydrogen) atoms. The average Bonchev–Trinajstić information content (AvgIpc) is 3.36. The van der Waals surface area contributed by atoms with Crippen LogP contribution >= 0.6 is 0 Å². The van der Waals surface area contributed by atoms with Crippen molar-refractivity contribution in [3.63, 3.8) is 0 Å². The molecule has 0 fully saturated rings. The number of imidazole rings is 1. The van der Waals surface area contributed by atoms with Gasteiger partial charge in [0.05, 0.1) is 11.8 Å². The molecule has 8 nitrogen and oxygen atoms in total. The minimum absolute atomic E-state index is 0.242. The Labute approximate surface area is 154 Å². The maximum Gasteiger partial charge on any atom is 0.258 e. The largest absolute Gasteiger partial charge is 0.472 e. The number of aryl methyl sites for hydroxylation is 1. The molecule has 1 aromatic carbocycles. The van der Waals surface area contributed by atoms with Gasteiger partial charge >= 0.3 is 0 Å². The number of carbonyl (C=O) groups excluding carboxylic acids is 1. The molecule has 4 aromatic rings. The van der Waals surface area contributed by atoms with Gasteiger partial charge in [0.2, 0.25) is 5.88 Å². The fourth-order valence-electron chi connectivity index (χ4n) is 2.44. The summed E-state index contributed by atoms with van der Waals surface area (Å²) >= 11 is 0. The molecule has 1 amide bonds. The van der Waals surface area contributed by atoms with Gasteiger partial charge in [0.15, 0.2) is 5.82 Å². The first-order valence-corrected chi connectivity index (χ1v) is 8.14. The number of furan rings is 1. The number of nitrogens with one attached hydrogen (secondary N) is 1. The number of hydrogen-bond donors (Lipinski definition) is 1. The van der Waals surface area contributed by atoms with E-state index in [0.29, 0.717) is 28.7 Å². The highest BCUT2D eigenvalue weighted by molar-refractivity contribution is 6.03. The van der Waals surface area contributed by atoms with E-state index in [4.69, 9.17) is 9.15 Å². The van der Waals surface area contributed by atoms with Gasteiger partial charge in [-0.15, -0.1) is 10.2 Å². The van der Waals surface area contributed by atoms with Gasteiger partial charge in [-0.05, 0) is 43.3 Å². The van der Waals surface area contributed by atoms with Crippen LogP contribution in [0.2, 0.25) is 0 Å². The summed E-state index contributed by atoms with van der Waals surface area (Å²) in [6, 6.07) is 12.1. The predicted molar refractivity (Wildman–Crippen MR) is 97.1 cm³/mol. The fraction of sp³-hybridized carbons (Fsp3) is 0.0526. The standard InChI is InChI=1S/C19H15N5O3/c1-13-20-9-10-24(13)17-6-7-18(23-22-17)27-16-4-2-15(3-5-16)21-19(25)14-8-11-26-12-14/h2-12H,1H3,(H,21,25). The summed E-state index contributed by atoms with van der Waals surface area (Å²) in [5.74, 6) is 2.19. The molecule has 0 aliphatic rings. The molecule has 1 N–H and O–H groups in total. The fourth-order valence-corrected chi connectivity index (χ4v) is 2.44. The number of rotatable bonds is 5. The first-order chi connectivity index (χ1) is 13.2. The summed E-state index contributed by atoms with van der Waals surface area (Å²) in [4.78, 5) is 16.1. The molecule has 4 rings (SSSR count). The third-order valence-corrected chi connectivity index (χ3v) is 3.82.